The van der Waals surface area contributed by atoms with E-state index in [0.717, 1.165) is 11.3 Å². The van der Waals surface area contributed by atoms with Crippen LogP contribution in [0, 0.1) is 0 Å². The number of carbonyl (C=O) groups is 2. The Balaban J connectivity index is 2.75. The molecule has 0 fully saturated rings. The third-order valence-electron chi connectivity index (χ3n) is 3.21. The third kappa shape index (κ3) is 5.04. The zero-order chi connectivity index (χ0) is 16.5. The fraction of sp³-hybridized carbons (Fsp3) is 0.500. The van der Waals surface area contributed by atoms with E-state index >= 15 is 0 Å². The second-order valence-corrected chi connectivity index (χ2v) is 4.78. The number of aryl methyl sites for hydroxylation is 1. The SMILES string of the molecule is CCOC(=O)C(N)CCc1ccccc1N(C)C(=O)OCC. The largest absolute Gasteiger partial charge is 0.465 e. The van der Waals surface area contributed by atoms with Crippen molar-refractivity contribution in [1.82, 2.24) is 0 Å². The number of rotatable bonds is 7. The predicted octanol–water partition coefficient (Wildman–Crippen LogP) is 2.10. The van der Waals surface area contributed by atoms with Crippen molar-refractivity contribution in [1.29, 1.82) is 0 Å². The van der Waals surface area contributed by atoms with Crippen LogP contribution in [0.3, 0.4) is 0 Å². The molecule has 0 aromatic heterocycles. The number of hydrogen-bond acceptors (Lipinski definition) is 5. The Hall–Kier alpha value is -2.08. The number of esters is 1. The van der Waals surface area contributed by atoms with Crippen molar-refractivity contribution in [3.05, 3.63) is 29.8 Å². The van der Waals surface area contributed by atoms with E-state index in [9.17, 15) is 9.59 Å². The lowest BCUT2D eigenvalue weighted by atomic mass is 10.0. The number of hydrogen-bond donors (Lipinski definition) is 1. The van der Waals surface area contributed by atoms with Gasteiger partial charge in [0.05, 0.1) is 13.2 Å². The van der Waals surface area contributed by atoms with Crippen LogP contribution in [0.15, 0.2) is 24.3 Å². The van der Waals surface area contributed by atoms with E-state index in [0.29, 0.717) is 26.1 Å². The standard InChI is InChI=1S/C16H24N2O4/c1-4-21-15(19)13(17)11-10-12-8-6-7-9-14(12)18(3)16(20)22-5-2/h6-9,13H,4-5,10-11,17H2,1-3H3. The van der Waals surface area contributed by atoms with Gasteiger partial charge in [0.15, 0.2) is 0 Å². The first kappa shape index (κ1) is 18.0. The van der Waals surface area contributed by atoms with Gasteiger partial charge in [0.25, 0.3) is 0 Å². The van der Waals surface area contributed by atoms with E-state index in [1.54, 1.807) is 20.9 Å². The van der Waals surface area contributed by atoms with Crippen LogP contribution in [0.1, 0.15) is 25.8 Å². The molecule has 1 aromatic carbocycles. The number of nitrogens with zero attached hydrogens (tertiary/aromatic N) is 1. The first-order valence-corrected chi connectivity index (χ1v) is 7.41. The third-order valence-corrected chi connectivity index (χ3v) is 3.21. The molecule has 0 aliphatic rings. The molecular formula is C16H24N2O4. The van der Waals surface area contributed by atoms with Gasteiger partial charge in [0.1, 0.15) is 6.04 Å². The molecule has 22 heavy (non-hydrogen) atoms. The van der Waals surface area contributed by atoms with E-state index in [4.69, 9.17) is 15.2 Å². The summed E-state index contributed by atoms with van der Waals surface area (Å²) in [6.45, 7) is 4.14. The fourth-order valence-electron chi connectivity index (χ4n) is 2.05. The number of nitrogens with two attached hydrogens (primary N) is 1. The number of ether oxygens (including phenoxy) is 2. The highest BCUT2D eigenvalue weighted by Crippen LogP contribution is 2.21. The van der Waals surface area contributed by atoms with Crippen molar-refractivity contribution < 1.29 is 19.1 Å². The average molecular weight is 308 g/mol. The minimum absolute atomic E-state index is 0.314. The highest BCUT2D eigenvalue weighted by atomic mass is 16.6. The van der Waals surface area contributed by atoms with Gasteiger partial charge in [0.2, 0.25) is 0 Å². The van der Waals surface area contributed by atoms with E-state index in [1.807, 2.05) is 24.3 Å². The molecule has 0 radical (unpaired) electrons. The zero-order valence-electron chi connectivity index (χ0n) is 13.4. The Morgan fingerprint density at radius 3 is 2.45 bits per heavy atom. The van der Waals surface area contributed by atoms with Gasteiger partial charge >= 0.3 is 12.1 Å². The molecule has 0 aliphatic carbocycles. The van der Waals surface area contributed by atoms with Crippen molar-refractivity contribution >= 4 is 17.7 Å². The molecule has 1 atom stereocenters. The molecule has 0 spiro atoms. The molecule has 0 aliphatic heterocycles. The van der Waals surface area contributed by atoms with Crippen molar-refractivity contribution in [2.75, 3.05) is 25.2 Å². The lowest BCUT2D eigenvalue weighted by Crippen LogP contribution is -2.33. The van der Waals surface area contributed by atoms with Crippen molar-refractivity contribution in [3.8, 4) is 0 Å². The number of carbonyl (C=O) groups excluding carboxylic acids is 2. The summed E-state index contributed by atoms with van der Waals surface area (Å²) in [6.07, 6.45) is 0.608. The molecule has 0 heterocycles. The summed E-state index contributed by atoms with van der Waals surface area (Å²) >= 11 is 0. The van der Waals surface area contributed by atoms with Gasteiger partial charge in [-0.25, -0.2) is 4.79 Å². The molecule has 1 rings (SSSR count). The smallest absolute Gasteiger partial charge is 0.414 e. The van der Waals surface area contributed by atoms with E-state index in [1.165, 1.54) is 4.90 Å². The second kappa shape index (κ2) is 9.04. The minimum atomic E-state index is -0.666. The van der Waals surface area contributed by atoms with Crippen molar-refractivity contribution in [2.24, 2.45) is 5.73 Å². The van der Waals surface area contributed by atoms with Gasteiger partial charge in [0, 0.05) is 12.7 Å². The van der Waals surface area contributed by atoms with Gasteiger partial charge < -0.3 is 15.2 Å². The summed E-state index contributed by atoms with van der Waals surface area (Å²) < 4.78 is 9.89. The normalized spacial score (nSPS) is 11.6. The van der Waals surface area contributed by atoms with Gasteiger partial charge in [-0.05, 0) is 38.3 Å². The van der Waals surface area contributed by atoms with Crippen LogP contribution in [-0.4, -0.2) is 38.4 Å². The van der Waals surface area contributed by atoms with Gasteiger partial charge in [-0.1, -0.05) is 18.2 Å². The van der Waals surface area contributed by atoms with E-state index < -0.39 is 18.1 Å². The number of anilines is 1. The summed E-state index contributed by atoms with van der Waals surface area (Å²) in [7, 11) is 1.65. The predicted molar refractivity (Wildman–Crippen MR) is 84.8 cm³/mol. The van der Waals surface area contributed by atoms with Crippen LogP contribution in [0.5, 0.6) is 0 Å². The van der Waals surface area contributed by atoms with Crippen LogP contribution in [-0.2, 0) is 20.7 Å². The zero-order valence-corrected chi connectivity index (χ0v) is 13.4. The lowest BCUT2D eigenvalue weighted by molar-refractivity contribution is -0.144. The van der Waals surface area contributed by atoms with Crippen LogP contribution < -0.4 is 10.6 Å². The molecule has 0 bridgehead atoms. The molecule has 0 saturated heterocycles. The summed E-state index contributed by atoms with van der Waals surface area (Å²) in [5, 5.41) is 0. The Morgan fingerprint density at radius 1 is 1.18 bits per heavy atom. The summed E-state index contributed by atoms with van der Waals surface area (Å²) in [6, 6.07) is 6.81. The van der Waals surface area contributed by atoms with Crippen LogP contribution in [0.25, 0.3) is 0 Å². The quantitative estimate of drug-likeness (QED) is 0.780. The first-order chi connectivity index (χ1) is 10.5. The molecule has 1 unspecified atom stereocenters. The highest BCUT2D eigenvalue weighted by Gasteiger charge is 2.18. The number of amides is 1. The molecule has 6 nitrogen and oxygen atoms in total. The summed E-state index contributed by atoms with van der Waals surface area (Å²) in [4.78, 5) is 24.8. The van der Waals surface area contributed by atoms with Crippen molar-refractivity contribution in [3.63, 3.8) is 0 Å². The van der Waals surface area contributed by atoms with E-state index in [2.05, 4.69) is 0 Å². The maximum Gasteiger partial charge on any atom is 0.414 e. The minimum Gasteiger partial charge on any atom is -0.465 e. The Morgan fingerprint density at radius 2 is 1.82 bits per heavy atom. The van der Waals surface area contributed by atoms with Crippen LogP contribution in [0.4, 0.5) is 10.5 Å². The molecular weight excluding hydrogens is 284 g/mol. The molecule has 6 heteroatoms. The Bertz CT molecular complexity index is 505. The van der Waals surface area contributed by atoms with Gasteiger partial charge in [-0.3, -0.25) is 9.69 Å². The van der Waals surface area contributed by atoms with Crippen LogP contribution in [0.2, 0.25) is 0 Å². The van der Waals surface area contributed by atoms with Crippen LogP contribution >= 0.6 is 0 Å². The Kier molecular flexibility index (Phi) is 7.39. The summed E-state index contributed by atoms with van der Waals surface area (Å²) in [5.41, 5.74) is 7.48. The maximum atomic E-state index is 11.8. The monoisotopic (exact) mass is 308 g/mol. The van der Waals surface area contributed by atoms with Gasteiger partial charge in [-0.15, -0.1) is 0 Å². The number of benzene rings is 1. The summed E-state index contributed by atoms with van der Waals surface area (Å²) in [5.74, 6) is -0.404. The molecule has 1 aromatic rings. The topological polar surface area (TPSA) is 81.9 Å². The molecule has 1 amide bonds. The van der Waals surface area contributed by atoms with Gasteiger partial charge in [-0.2, -0.15) is 0 Å². The molecule has 0 saturated carbocycles. The first-order valence-electron chi connectivity index (χ1n) is 7.41. The average Bonchev–Trinajstić information content (AvgIpc) is 2.52. The molecule has 2 N–H and O–H groups in total. The van der Waals surface area contributed by atoms with Crippen molar-refractivity contribution in [2.45, 2.75) is 32.7 Å². The lowest BCUT2D eigenvalue weighted by Gasteiger charge is -2.20. The van der Waals surface area contributed by atoms with E-state index in [-0.39, 0.29) is 0 Å². The molecule has 122 valence electrons. The maximum absolute atomic E-state index is 11.8. The number of para-hydroxylation sites is 1. The second-order valence-electron chi connectivity index (χ2n) is 4.78. The fourth-order valence-corrected chi connectivity index (χ4v) is 2.05. The Labute approximate surface area is 131 Å². The highest BCUT2D eigenvalue weighted by molar-refractivity contribution is 5.88.